The Bertz CT molecular complexity index is 1170. The van der Waals surface area contributed by atoms with E-state index in [1.54, 1.807) is 18.2 Å². The zero-order chi connectivity index (χ0) is 21.2. The molecule has 0 aliphatic carbocycles. The molecule has 150 valence electrons. The molecule has 0 unspecified atom stereocenters. The van der Waals surface area contributed by atoms with Gasteiger partial charge in [0, 0.05) is 9.37 Å². The summed E-state index contributed by atoms with van der Waals surface area (Å²) in [6.07, 6.45) is -3.67. The summed E-state index contributed by atoms with van der Waals surface area (Å²) < 4.78 is 42.8. The van der Waals surface area contributed by atoms with E-state index in [2.05, 4.69) is 31.1 Å². The van der Waals surface area contributed by atoms with Gasteiger partial charge in [0.1, 0.15) is 12.1 Å². The summed E-state index contributed by atoms with van der Waals surface area (Å²) in [6.45, 7) is 1.95. The van der Waals surface area contributed by atoms with Gasteiger partial charge < -0.3 is 4.74 Å². The maximum atomic E-state index is 12.9. The third-order valence-corrected chi connectivity index (χ3v) is 5.23. The molecular weight excluding hydrogens is 473 g/mol. The number of fused-ring (bicyclic) bond motifs is 1. The summed E-state index contributed by atoms with van der Waals surface area (Å²) in [6, 6.07) is 9.07. The van der Waals surface area contributed by atoms with Crippen LogP contribution in [0.4, 0.5) is 18.9 Å². The Balaban J connectivity index is 2.09. The SMILES string of the molecule is CCSc1ccc(C#N)cc1Nn1cnc2c(Br)cc(OC(F)(F)F)cc2c1=O. The first-order chi connectivity index (χ1) is 13.7. The number of aromatic nitrogens is 2. The van der Waals surface area contributed by atoms with Gasteiger partial charge in [-0.25, -0.2) is 9.66 Å². The van der Waals surface area contributed by atoms with Crippen molar-refractivity contribution in [2.75, 3.05) is 11.2 Å². The Morgan fingerprint density at radius 3 is 2.76 bits per heavy atom. The molecule has 1 heterocycles. The second kappa shape index (κ2) is 8.34. The molecular formula is C18H12BrF3N4O2S. The third-order valence-electron chi connectivity index (χ3n) is 3.67. The van der Waals surface area contributed by atoms with Crippen molar-refractivity contribution in [2.45, 2.75) is 18.2 Å². The maximum Gasteiger partial charge on any atom is 0.573 e. The molecule has 0 aliphatic heterocycles. The Morgan fingerprint density at radius 2 is 2.10 bits per heavy atom. The van der Waals surface area contributed by atoms with Crippen LogP contribution >= 0.6 is 27.7 Å². The van der Waals surface area contributed by atoms with Gasteiger partial charge in [0.2, 0.25) is 0 Å². The van der Waals surface area contributed by atoms with Gasteiger partial charge in [0.25, 0.3) is 5.56 Å². The highest BCUT2D eigenvalue weighted by Gasteiger charge is 2.31. The summed E-state index contributed by atoms with van der Waals surface area (Å²) in [5.41, 5.74) is 3.32. The van der Waals surface area contributed by atoms with Gasteiger partial charge in [-0.05, 0) is 52.0 Å². The van der Waals surface area contributed by atoms with E-state index < -0.39 is 17.7 Å². The quantitative estimate of drug-likeness (QED) is 0.518. The van der Waals surface area contributed by atoms with Crippen LogP contribution in [0.15, 0.2) is 50.8 Å². The fraction of sp³-hybridized carbons (Fsp3) is 0.167. The van der Waals surface area contributed by atoms with Crippen LogP contribution in [0.25, 0.3) is 10.9 Å². The number of hydrogen-bond donors (Lipinski definition) is 1. The summed E-state index contributed by atoms with van der Waals surface area (Å²) in [4.78, 5) is 17.8. The number of alkyl halides is 3. The number of halogens is 4. The predicted molar refractivity (Wildman–Crippen MR) is 107 cm³/mol. The fourth-order valence-corrected chi connectivity index (χ4v) is 3.81. The highest BCUT2D eigenvalue weighted by molar-refractivity contribution is 9.10. The first kappa shape index (κ1) is 21.0. The third kappa shape index (κ3) is 4.83. The highest BCUT2D eigenvalue weighted by Crippen LogP contribution is 2.31. The van der Waals surface area contributed by atoms with Crippen molar-refractivity contribution in [3.05, 3.63) is 57.0 Å². The van der Waals surface area contributed by atoms with Crippen molar-refractivity contribution in [1.29, 1.82) is 5.26 Å². The summed E-state index contributed by atoms with van der Waals surface area (Å²) >= 11 is 4.61. The number of nitrogens with one attached hydrogen (secondary N) is 1. The Labute approximate surface area is 175 Å². The number of hydrogen-bond acceptors (Lipinski definition) is 6. The fourth-order valence-electron chi connectivity index (χ4n) is 2.54. The molecule has 0 spiro atoms. The lowest BCUT2D eigenvalue weighted by atomic mass is 10.2. The van der Waals surface area contributed by atoms with E-state index in [0.717, 1.165) is 27.5 Å². The first-order valence-electron chi connectivity index (χ1n) is 8.12. The van der Waals surface area contributed by atoms with Crippen LogP contribution in [0.5, 0.6) is 5.75 Å². The van der Waals surface area contributed by atoms with Crippen LogP contribution in [0.1, 0.15) is 12.5 Å². The minimum atomic E-state index is -4.89. The van der Waals surface area contributed by atoms with Crippen molar-refractivity contribution in [1.82, 2.24) is 9.66 Å². The largest absolute Gasteiger partial charge is 0.573 e. The minimum Gasteiger partial charge on any atom is -0.406 e. The molecule has 2 aromatic carbocycles. The van der Waals surface area contributed by atoms with Crippen LogP contribution in [0.3, 0.4) is 0 Å². The maximum absolute atomic E-state index is 12.9. The lowest BCUT2D eigenvalue weighted by Crippen LogP contribution is -2.27. The zero-order valence-corrected chi connectivity index (χ0v) is 17.2. The number of benzene rings is 2. The van der Waals surface area contributed by atoms with Crippen LogP contribution in [0.2, 0.25) is 0 Å². The van der Waals surface area contributed by atoms with E-state index in [1.807, 2.05) is 13.0 Å². The molecule has 29 heavy (non-hydrogen) atoms. The lowest BCUT2D eigenvalue weighted by Gasteiger charge is -2.15. The highest BCUT2D eigenvalue weighted by atomic mass is 79.9. The molecule has 1 N–H and O–H groups in total. The Morgan fingerprint density at radius 1 is 1.34 bits per heavy atom. The molecule has 6 nitrogen and oxygen atoms in total. The van der Waals surface area contributed by atoms with E-state index >= 15 is 0 Å². The molecule has 0 radical (unpaired) electrons. The molecule has 3 rings (SSSR count). The minimum absolute atomic E-state index is 0.0743. The van der Waals surface area contributed by atoms with Gasteiger partial charge in [0.05, 0.1) is 28.2 Å². The second-order valence-electron chi connectivity index (χ2n) is 5.64. The van der Waals surface area contributed by atoms with Gasteiger partial charge in [-0.1, -0.05) is 6.92 Å². The number of thioether (sulfide) groups is 1. The summed E-state index contributed by atoms with van der Waals surface area (Å²) in [5.74, 6) is 0.221. The molecule has 0 amide bonds. The molecule has 0 saturated carbocycles. The van der Waals surface area contributed by atoms with Crippen molar-refractivity contribution >= 4 is 44.3 Å². The molecule has 3 aromatic rings. The molecule has 0 aliphatic rings. The van der Waals surface area contributed by atoms with E-state index in [1.165, 1.54) is 18.1 Å². The number of ether oxygens (including phenoxy) is 1. The van der Waals surface area contributed by atoms with Gasteiger partial charge in [0.15, 0.2) is 0 Å². The van der Waals surface area contributed by atoms with Gasteiger partial charge in [-0.3, -0.25) is 10.2 Å². The molecule has 0 atom stereocenters. The van der Waals surface area contributed by atoms with Crippen LogP contribution < -0.4 is 15.7 Å². The van der Waals surface area contributed by atoms with E-state index in [0.29, 0.717) is 11.3 Å². The smallest absolute Gasteiger partial charge is 0.406 e. The van der Waals surface area contributed by atoms with Crippen LogP contribution in [-0.2, 0) is 0 Å². The standard InChI is InChI=1S/C18H12BrF3N4O2S/c1-2-29-15-4-3-10(8-23)5-14(15)25-26-9-24-16-12(17(26)27)6-11(7-13(16)19)28-18(20,21)22/h3-7,9,25H,2H2,1H3. The molecule has 11 heteroatoms. The molecule has 0 bridgehead atoms. The van der Waals surface area contributed by atoms with Gasteiger partial charge >= 0.3 is 6.36 Å². The topological polar surface area (TPSA) is 79.9 Å². The zero-order valence-electron chi connectivity index (χ0n) is 14.7. The van der Waals surface area contributed by atoms with E-state index in [-0.39, 0.29) is 15.4 Å². The number of nitrogens with zero attached hydrogens (tertiary/aromatic N) is 3. The Hall–Kier alpha value is -2.71. The van der Waals surface area contributed by atoms with Crippen molar-refractivity contribution in [2.24, 2.45) is 0 Å². The van der Waals surface area contributed by atoms with Crippen molar-refractivity contribution in [3.8, 4) is 11.8 Å². The number of anilines is 1. The predicted octanol–water partition coefficient (Wildman–Crippen LogP) is 4.92. The van der Waals surface area contributed by atoms with E-state index in [9.17, 15) is 18.0 Å². The average molecular weight is 485 g/mol. The first-order valence-corrected chi connectivity index (χ1v) is 9.90. The summed E-state index contributed by atoms with van der Waals surface area (Å²) in [5, 5.41) is 9.05. The number of rotatable bonds is 5. The Kier molecular flexibility index (Phi) is 6.04. The molecule has 0 fully saturated rings. The number of nitriles is 1. The normalized spacial score (nSPS) is 11.3. The van der Waals surface area contributed by atoms with Crippen LogP contribution in [-0.4, -0.2) is 21.8 Å². The molecule has 0 saturated heterocycles. The van der Waals surface area contributed by atoms with Crippen molar-refractivity contribution < 1.29 is 17.9 Å². The van der Waals surface area contributed by atoms with Crippen LogP contribution in [0, 0.1) is 11.3 Å². The van der Waals surface area contributed by atoms with Crippen molar-refractivity contribution in [3.63, 3.8) is 0 Å². The monoisotopic (exact) mass is 484 g/mol. The summed E-state index contributed by atoms with van der Waals surface area (Å²) in [7, 11) is 0. The average Bonchev–Trinajstić information content (AvgIpc) is 2.64. The van der Waals surface area contributed by atoms with Gasteiger partial charge in [-0.15, -0.1) is 24.9 Å². The lowest BCUT2D eigenvalue weighted by molar-refractivity contribution is -0.274. The second-order valence-corrected chi connectivity index (χ2v) is 7.80. The van der Waals surface area contributed by atoms with Gasteiger partial charge in [-0.2, -0.15) is 5.26 Å². The van der Waals surface area contributed by atoms with E-state index in [4.69, 9.17) is 5.26 Å². The molecule has 1 aromatic heterocycles.